The van der Waals surface area contributed by atoms with Gasteiger partial charge >= 0.3 is 0 Å². The summed E-state index contributed by atoms with van der Waals surface area (Å²) in [5.74, 6) is 0. The van der Waals surface area contributed by atoms with Crippen molar-refractivity contribution in [2.24, 2.45) is 5.73 Å². The highest BCUT2D eigenvalue weighted by Gasteiger charge is 2.30. The first kappa shape index (κ1) is 14.3. The Morgan fingerprint density at radius 2 is 2.17 bits per heavy atom. The lowest BCUT2D eigenvalue weighted by atomic mass is 10.0. The highest BCUT2D eigenvalue weighted by atomic mass is 35.5. The summed E-state index contributed by atoms with van der Waals surface area (Å²) in [7, 11) is 2.19. The quantitative estimate of drug-likeness (QED) is 0.927. The van der Waals surface area contributed by atoms with E-state index in [1.807, 2.05) is 6.07 Å². The number of thiophene rings is 1. The van der Waals surface area contributed by atoms with Gasteiger partial charge in [0.1, 0.15) is 0 Å². The lowest BCUT2D eigenvalue weighted by molar-refractivity contribution is 0.0651. The monoisotopic (exact) mass is 287 g/mol. The van der Waals surface area contributed by atoms with E-state index in [0.29, 0.717) is 12.1 Å². The highest BCUT2D eigenvalue weighted by Crippen LogP contribution is 2.33. The predicted octanol–water partition coefficient (Wildman–Crippen LogP) is 2.43. The van der Waals surface area contributed by atoms with Crippen LogP contribution in [0.3, 0.4) is 0 Å². The molecule has 2 N–H and O–H groups in total. The zero-order valence-electron chi connectivity index (χ0n) is 11.3. The molecule has 1 aliphatic rings. The summed E-state index contributed by atoms with van der Waals surface area (Å²) in [5, 5.41) is 0. The average Bonchev–Trinajstić information content (AvgIpc) is 2.70. The molecular formula is C13H22ClN3S. The summed E-state index contributed by atoms with van der Waals surface area (Å²) in [6, 6.07) is 5.07. The Balaban J connectivity index is 2.16. The third kappa shape index (κ3) is 3.06. The molecule has 3 nitrogen and oxygen atoms in total. The molecule has 0 amide bonds. The van der Waals surface area contributed by atoms with Gasteiger partial charge in [0, 0.05) is 36.6 Å². The molecule has 5 heteroatoms. The second-order valence-electron chi connectivity index (χ2n) is 5.27. The van der Waals surface area contributed by atoms with Crippen LogP contribution in [0.1, 0.15) is 24.8 Å². The van der Waals surface area contributed by atoms with Crippen molar-refractivity contribution in [2.45, 2.75) is 32.0 Å². The van der Waals surface area contributed by atoms with E-state index >= 15 is 0 Å². The molecule has 0 radical (unpaired) electrons. The van der Waals surface area contributed by atoms with Crippen molar-refractivity contribution in [3.8, 4) is 0 Å². The Kier molecular flexibility index (Phi) is 4.67. The fraction of sp³-hybridized carbons (Fsp3) is 0.692. The lowest BCUT2D eigenvalue weighted by Gasteiger charge is -2.42. The molecule has 1 aromatic heterocycles. The van der Waals surface area contributed by atoms with Crippen LogP contribution in [0, 0.1) is 0 Å². The van der Waals surface area contributed by atoms with Crippen LogP contribution in [-0.4, -0.2) is 48.6 Å². The molecule has 0 aliphatic carbocycles. The third-order valence-electron chi connectivity index (χ3n) is 3.77. The fourth-order valence-electron chi connectivity index (χ4n) is 2.59. The van der Waals surface area contributed by atoms with E-state index in [0.717, 1.165) is 24.0 Å². The normalized spacial score (nSPS) is 26.2. The summed E-state index contributed by atoms with van der Waals surface area (Å²) in [6.45, 7) is 7.59. The van der Waals surface area contributed by atoms with E-state index in [1.54, 1.807) is 11.3 Å². The van der Waals surface area contributed by atoms with Crippen LogP contribution in [0.5, 0.6) is 0 Å². The molecule has 0 saturated carbocycles. The maximum atomic E-state index is 6.20. The molecule has 0 aromatic carbocycles. The number of halogens is 1. The molecule has 2 heterocycles. The smallest absolute Gasteiger partial charge is 0.0931 e. The van der Waals surface area contributed by atoms with Gasteiger partial charge in [0.2, 0.25) is 0 Å². The van der Waals surface area contributed by atoms with E-state index in [4.69, 9.17) is 17.3 Å². The van der Waals surface area contributed by atoms with Gasteiger partial charge in [-0.1, -0.05) is 11.6 Å². The molecule has 1 aromatic rings. The Labute approximate surface area is 119 Å². The number of rotatable bonds is 3. The van der Waals surface area contributed by atoms with Gasteiger partial charge in [0.25, 0.3) is 0 Å². The van der Waals surface area contributed by atoms with Crippen molar-refractivity contribution in [3.05, 3.63) is 21.3 Å². The maximum Gasteiger partial charge on any atom is 0.0931 e. The fourth-order valence-corrected chi connectivity index (χ4v) is 3.90. The summed E-state index contributed by atoms with van der Waals surface area (Å²) >= 11 is 7.70. The summed E-state index contributed by atoms with van der Waals surface area (Å²) < 4.78 is 0.845. The topological polar surface area (TPSA) is 32.5 Å². The van der Waals surface area contributed by atoms with Crippen molar-refractivity contribution in [1.29, 1.82) is 0 Å². The number of hydrogen-bond donors (Lipinski definition) is 1. The van der Waals surface area contributed by atoms with Crippen LogP contribution in [0.25, 0.3) is 0 Å². The zero-order valence-corrected chi connectivity index (χ0v) is 12.8. The van der Waals surface area contributed by atoms with Crippen LogP contribution in [0.15, 0.2) is 12.1 Å². The molecule has 102 valence electrons. The van der Waals surface area contributed by atoms with Gasteiger partial charge in [-0.25, -0.2) is 0 Å². The number of piperazine rings is 1. The van der Waals surface area contributed by atoms with E-state index in [9.17, 15) is 0 Å². The standard InChI is InChI=1S/C13H22ClN3S/c1-9-8-17(7-6-16(9)3)13(10(2)15)11-4-5-12(14)18-11/h4-5,9-10,13H,6-8,15H2,1-3H3. The third-order valence-corrected chi connectivity index (χ3v) is 5.07. The molecule has 3 atom stereocenters. The Bertz CT molecular complexity index is 393. The molecular weight excluding hydrogens is 266 g/mol. The molecule has 1 fully saturated rings. The summed E-state index contributed by atoms with van der Waals surface area (Å²) in [5.41, 5.74) is 6.20. The number of nitrogens with zero attached hydrogens (tertiary/aromatic N) is 2. The van der Waals surface area contributed by atoms with Crippen molar-refractivity contribution in [2.75, 3.05) is 26.7 Å². The first-order chi connectivity index (χ1) is 8.49. The number of likely N-dealkylation sites (N-methyl/N-ethyl adjacent to an activating group) is 1. The number of nitrogens with two attached hydrogens (primary N) is 1. The second-order valence-corrected chi connectivity index (χ2v) is 7.02. The van der Waals surface area contributed by atoms with Gasteiger partial charge < -0.3 is 10.6 Å². The second kappa shape index (κ2) is 5.88. The van der Waals surface area contributed by atoms with Gasteiger partial charge in [-0.05, 0) is 33.0 Å². The first-order valence-corrected chi connectivity index (χ1v) is 7.63. The van der Waals surface area contributed by atoms with E-state index < -0.39 is 0 Å². The molecule has 1 saturated heterocycles. The van der Waals surface area contributed by atoms with E-state index in [2.05, 4.69) is 36.8 Å². The minimum Gasteiger partial charge on any atom is -0.326 e. The molecule has 0 spiro atoms. The summed E-state index contributed by atoms with van der Waals surface area (Å²) in [4.78, 5) is 6.18. The predicted molar refractivity (Wildman–Crippen MR) is 79.4 cm³/mol. The van der Waals surface area contributed by atoms with Crippen LogP contribution < -0.4 is 5.73 Å². The van der Waals surface area contributed by atoms with E-state index in [-0.39, 0.29) is 6.04 Å². The minimum atomic E-state index is 0.121. The molecule has 1 aliphatic heterocycles. The Hall–Kier alpha value is -0.130. The zero-order chi connectivity index (χ0) is 13.3. The van der Waals surface area contributed by atoms with Gasteiger partial charge in [0.05, 0.1) is 10.4 Å². The highest BCUT2D eigenvalue weighted by molar-refractivity contribution is 7.16. The molecule has 0 bridgehead atoms. The van der Waals surface area contributed by atoms with Crippen molar-refractivity contribution in [3.63, 3.8) is 0 Å². The van der Waals surface area contributed by atoms with Crippen molar-refractivity contribution in [1.82, 2.24) is 9.80 Å². The first-order valence-electron chi connectivity index (χ1n) is 6.44. The van der Waals surface area contributed by atoms with E-state index in [1.165, 1.54) is 4.88 Å². The van der Waals surface area contributed by atoms with Crippen molar-refractivity contribution >= 4 is 22.9 Å². The maximum absolute atomic E-state index is 6.20. The number of hydrogen-bond acceptors (Lipinski definition) is 4. The minimum absolute atomic E-state index is 0.121. The molecule has 3 unspecified atom stereocenters. The Morgan fingerprint density at radius 1 is 1.44 bits per heavy atom. The van der Waals surface area contributed by atoms with Gasteiger partial charge in [-0.3, -0.25) is 4.90 Å². The van der Waals surface area contributed by atoms with Crippen LogP contribution in [0.2, 0.25) is 4.34 Å². The van der Waals surface area contributed by atoms with Crippen molar-refractivity contribution < 1.29 is 0 Å². The Morgan fingerprint density at radius 3 is 2.67 bits per heavy atom. The largest absolute Gasteiger partial charge is 0.326 e. The lowest BCUT2D eigenvalue weighted by Crippen LogP contribution is -2.53. The van der Waals surface area contributed by atoms with Gasteiger partial charge in [-0.2, -0.15) is 0 Å². The molecule has 18 heavy (non-hydrogen) atoms. The molecule has 2 rings (SSSR count). The SMILES string of the molecule is CC(N)C(c1ccc(Cl)s1)N1CCN(C)C(C)C1. The van der Waals surface area contributed by atoms with Gasteiger partial charge in [0.15, 0.2) is 0 Å². The summed E-state index contributed by atoms with van der Waals surface area (Å²) in [6.07, 6.45) is 0. The van der Waals surface area contributed by atoms with Crippen LogP contribution in [0.4, 0.5) is 0 Å². The van der Waals surface area contributed by atoms with Crippen LogP contribution >= 0.6 is 22.9 Å². The average molecular weight is 288 g/mol. The van der Waals surface area contributed by atoms with Gasteiger partial charge in [-0.15, -0.1) is 11.3 Å². The van der Waals surface area contributed by atoms with Crippen LogP contribution in [-0.2, 0) is 0 Å².